The Morgan fingerprint density at radius 3 is 2.65 bits per heavy atom. The first-order valence-corrected chi connectivity index (χ1v) is 7.18. The zero-order valence-corrected chi connectivity index (χ0v) is 10.9. The molecule has 5 heteroatoms. The maximum absolute atomic E-state index is 12.4. The van der Waals surface area contributed by atoms with Crippen LogP contribution in [0, 0.1) is 6.92 Å². The van der Waals surface area contributed by atoms with Crippen LogP contribution in [0.1, 0.15) is 25.3 Å². The molecular weight excluding hydrogens is 238 g/mol. The van der Waals surface area contributed by atoms with Crippen LogP contribution < -0.4 is 0 Å². The van der Waals surface area contributed by atoms with E-state index in [1.165, 1.54) is 18.2 Å². The molecule has 0 saturated carbocycles. The fraction of sp³-hybridized carbons (Fsp3) is 0.500. The van der Waals surface area contributed by atoms with Crippen molar-refractivity contribution in [3.63, 3.8) is 0 Å². The second-order valence-electron chi connectivity index (χ2n) is 4.56. The highest BCUT2D eigenvalue weighted by Crippen LogP contribution is 2.28. The van der Waals surface area contributed by atoms with E-state index in [9.17, 15) is 13.5 Å². The highest BCUT2D eigenvalue weighted by Gasteiger charge is 2.32. The summed E-state index contributed by atoms with van der Waals surface area (Å²) >= 11 is 0. The summed E-state index contributed by atoms with van der Waals surface area (Å²) in [6.45, 7) is 4.21. The molecule has 2 rings (SSSR count). The topological polar surface area (TPSA) is 57.6 Å². The standard InChI is InChI=1S/C12H17NO3S/c1-9-8-11(5-6-12(9)14)17(15,16)13-7-3-4-10(13)2/h5-6,8,10,14H,3-4,7H2,1-2H3. The smallest absolute Gasteiger partial charge is 0.243 e. The van der Waals surface area contributed by atoms with Crippen molar-refractivity contribution in [2.75, 3.05) is 6.54 Å². The van der Waals surface area contributed by atoms with Crippen LogP contribution in [0.2, 0.25) is 0 Å². The number of phenolic OH excluding ortho intramolecular Hbond substituents is 1. The molecule has 0 amide bonds. The van der Waals surface area contributed by atoms with E-state index in [-0.39, 0.29) is 16.7 Å². The summed E-state index contributed by atoms with van der Waals surface area (Å²) in [7, 11) is -3.40. The van der Waals surface area contributed by atoms with E-state index in [1.807, 2.05) is 6.92 Å². The minimum atomic E-state index is -3.40. The van der Waals surface area contributed by atoms with Gasteiger partial charge in [-0.3, -0.25) is 0 Å². The zero-order chi connectivity index (χ0) is 12.6. The number of hydrogen-bond acceptors (Lipinski definition) is 3. The first-order valence-electron chi connectivity index (χ1n) is 5.74. The Bertz CT molecular complexity index is 525. The molecule has 1 atom stereocenters. The zero-order valence-electron chi connectivity index (χ0n) is 10.0. The molecule has 1 N–H and O–H groups in total. The van der Waals surface area contributed by atoms with Crippen molar-refractivity contribution in [3.05, 3.63) is 23.8 Å². The number of sulfonamides is 1. The first-order chi connectivity index (χ1) is 7.93. The van der Waals surface area contributed by atoms with Crippen LogP contribution in [-0.4, -0.2) is 30.4 Å². The Hall–Kier alpha value is -1.07. The Kier molecular flexibility index (Phi) is 3.14. The van der Waals surface area contributed by atoms with Crippen molar-refractivity contribution in [2.45, 2.75) is 37.6 Å². The molecular formula is C12H17NO3S. The molecule has 0 bridgehead atoms. The number of aryl methyl sites for hydroxylation is 1. The van der Waals surface area contributed by atoms with E-state index in [1.54, 1.807) is 11.2 Å². The van der Waals surface area contributed by atoms with E-state index >= 15 is 0 Å². The molecule has 1 aliphatic heterocycles. The predicted molar refractivity (Wildman–Crippen MR) is 65.4 cm³/mol. The van der Waals surface area contributed by atoms with Gasteiger partial charge >= 0.3 is 0 Å². The number of benzene rings is 1. The van der Waals surface area contributed by atoms with Crippen molar-refractivity contribution in [2.24, 2.45) is 0 Å². The van der Waals surface area contributed by atoms with Gasteiger partial charge in [-0.25, -0.2) is 8.42 Å². The summed E-state index contributed by atoms with van der Waals surface area (Å²) in [4.78, 5) is 0.265. The highest BCUT2D eigenvalue weighted by molar-refractivity contribution is 7.89. The Balaban J connectivity index is 2.41. The lowest BCUT2D eigenvalue weighted by Gasteiger charge is -2.21. The van der Waals surface area contributed by atoms with Crippen molar-refractivity contribution in [1.82, 2.24) is 4.31 Å². The summed E-state index contributed by atoms with van der Waals surface area (Å²) in [6, 6.07) is 4.48. The minimum Gasteiger partial charge on any atom is -0.508 e. The van der Waals surface area contributed by atoms with Crippen molar-refractivity contribution in [1.29, 1.82) is 0 Å². The van der Waals surface area contributed by atoms with Crippen LogP contribution in [-0.2, 0) is 10.0 Å². The molecule has 17 heavy (non-hydrogen) atoms. The predicted octanol–water partition coefficient (Wildman–Crippen LogP) is 1.87. The van der Waals surface area contributed by atoms with Crippen LogP contribution in [0.25, 0.3) is 0 Å². The third-order valence-corrected chi connectivity index (χ3v) is 5.28. The fourth-order valence-corrected chi connectivity index (χ4v) is 3.97. The quantitative estimate of drug-likeness (QED) is 0.877. The summed E-state index contributed by atoms with van der Waals surface area (Å²) < 4.78 is 26.2. The van der Waals surface area contributed by atoms with Crippen LogP contribution in [0.5, 0.6) is 5.75 Å². The van der Waals surface area contributed by atoms with Crippen molar-refractivity contribution in [3.8, 4) is 5.75 Å². The monoisotopic (exact) mass is 255 g/mol. The molecule has 0 aromatic heterocycles. The van der Waals surface area contributed by atoms with Gasteiger partial charge in [-0.15, -0.1) is 0 Å². The maximum Gasteiger partial charge on any atom is 0.243 e. The summed E-state index contributed by atoms with van der Waals surface area (Å²) in [5, 5.41) is 9.42. The van der Waals surface area contributed by atoms with Gasteiger partial charge in [0.1, 0.15) is 5.75 Å². The molecule has 1 aliphatic rings. The first kappa shape index (κ1) is 12.4. The van der Waals surface area contributed by atoms with Crippen LogP contribution in [0.15, 0.2) is 23.1 Å². The van der Waals surface area contributed by atoms with Crippen molar-refractivity contribution < 1.29 is 13.5 Å². The summed E-state index contributed by atoms with van der Waals surface area (Å²) in [5.74, 6) is 0.124. The van der Waals surface area contributed by atoms with Gasteiger partial charge in [0.25, 0.3) is 0 Å². The Labute approximate surface area is 102 Å². The second-order valence-corrected chi connectivity index (χ2v) is 6.45. The lowest BCUT2D eigenvalue weighted by Crippen LogP contribution is -2.33. The largest absolute Gasteiger partial charge is 0.508 e. The van der Waals surface area contributed by atoms with E-state index in [4.69, 9.17) is 0 Å². The SMILES string of the molecule is Cc1cc(S(=O)(=O)N2CCCC2C)ccc1O. The van der Waals surface area contributed by atoms with Gasteiger partial charge in [0.2, 0.25) is 10.0 Å². The average Bonchev–Trinajstić information content (AvgIpc) is 2.69. The molecule has 0 radical (unpaired) electrons. The van der Waals surface area contributed by atoms with E-state index < -0.39 is 10.0 Å². The Morgan fingerprint density at radius 1 is 1.41 bits per heavy atom. The van der Waals surface area contributed by atoms with Gasteiger partial charge in [0, 0.05) is 12.6 Å². The van der Waals surface area contributed by atoms with Gasteiger partial charge in [-0.1, -0.05) is 0 Å². The number of hydrogen-bond donors (Lipinski definition) is 1. The molecule has 1 fully saturated rings. The minimum absolute atomic E-state index is 0.0640. The normalized spacial score (nSPS) is 21.9. The molecule has 94 valence electrons. The van der Waals surface area contributed by atoms with E-state index in [2.05, 4.69) is 0 Å². The van der Waals surface area contributed by atoms with Crippen LogP contribution in [0.4, 0.5) is 0 Å². The second kappa shape index (κ2) is 4.31. The Morgan fingerprint density at radius 2 is 2.12 bits per heavy atom. The molecule has 4 nitrogen and oxygen atoms in total. The van der Waals surface area contributed by atoms with Crippen LogP contribution in [0.3, 0.4) is 0 Å². The van der Waals surface area contributed by atoms with Gasteiger partial charge in [-0.2, -0.15) is 4.31 Å². The van der Waals surface area contributed by atoms with Gasteiger partial charge < -0.3 is 5.11 Å². The molecule has 0 aliphatic carbocycles. The van der Waals surface area contributed by atoms with Gasteiger partial charge in [-0.05, 0) is 50.5 Å². The third-order valence-electron chi connectivity index (χ3n) is 3.27. The van der Waals surface area contributed by atoms with Gasteiger partial charge in [0.15, 0.2) is 0 Å². The lowest BCUT2D eigenvalue weighted by molar-refractivity contribution is 0.408. The highest BCUT2D eigenvalue weighted by atomic mass is 32.2. The maximum atomic E-state index is 12.4. The summed E-state index contributed by atoms with van der Waals surface area (Å²) in [6.07, 6.45) is 1.83. The average molecular weight is 255 g/mol. The lowest BCUT2D eigenvalue weighted by atomic mass is 10.2. The van der Waals surface area contributed by atoms with Crippen molar-refractivity contribution >= 4 is 10.0 Å². The molecule has 1 heterocycles. The van der Waals surface area contributed by atoms with E-state index in [0.717, 1.165) is 12.8 Å². The number of aromatic hydroxyl groups is 1. The van der Waals surface area contributed by atoms with E-state index in [0.29, 0.717) is 12.1 Å². The molecule has 1 aromatic carbocycles. The van der Waals surface area contributed by atoms with Crippen LogP contribution >= 0.6 is 0 Å². The third kappa shape index (κ3) is 2.17. The summed E-state index contributed by atoms with van der Waals surface area (Å²) in [5.41, 5.74) is 0.581. The molecule has 0 spiro atoms. The number of rotatable bonds is 2. The van der Waals surface area contributed by atoms with Gasteiger partial charge in [0.05, 0.1) is 4.90 Å². The fourth-order valence-electron chi connectivity index (χ4n) is 2.19. The molecule has 1 saturated heterocycles. The number of nitrogens with zero attached hydrogens (tertiary/aromatic N) is 1. The molecule has 1 unspecified atom stereocenters. The number of phenols is 1. The molecule has 1 aromatic rings.